The average Bonchev–Trinajstić information content (AvgIpc) is 2.78. The van der Waals surface area contributed by atoms with E-state index < -0.39 is 6.16 Å². The van der Waals surface area contributed by atoms with Gasteiger partial charge in [0.05, 0.1) is 0 Å². The molecule has 4 rings (SSSR count). The molecule has 0 amide bonds. The molecule has 0 unspecified atom stereocenters. The Kier molecular flexibility index (Phi) is 7.44. The SMILES string of the molecule is O=C(OC1CCC(Cc2ccccc2)CC1)OC1CCC(Cc2ccccc2)CC1. The predicted molar refractivity (Wildman–Crippen MR) is 119 cm³/mol. The molecule has 2 aliphatic carbocycles. The van der Waals surface area contributed by atoms with E-state index in [1.165, 1.54) is 11.1 Å². The second-order valence-electron chi connectivity index (χ2n) is 9.15. The molecule has 30 heavy (non-hydrogen) atoms. The molecule has 2 aromatic rings. The van der Waals surface area contributed by atoms with Gasteiger partial charge >= 0.3 is 6.16 Å². The second kappa shape index (κ2) is 10.7. The summed E-state index contributed by atoms with van der Waals surface area (Å²) in [5, 5.41) is 0. The normalized spacial score (nSPS) is 26.7. The summed E-state index contributed by atoms with van der Waals surface area (Å²) in [6, 6.07) is 21.4. The molecule has 0 aromatic heterocycles. The smallest absolute Gasteiger partial charge is 0.431 e. The summed E-state index contributed by atoms with van der Waals surface area (Å²) in [5.41, 5.74) is 2.81. The maximum Gasteiger partial charge on any atom is 0.508 e. The predicted octanol–water partition coefficient (Wildman–Crippen LogP) is 6.74. The molecule has 0 atom stereocenters. The van der Waals surface area contributed by atoms with Crippen LogP contribution in [0, 0.1) is 11.8 Å². The van der Waals surface area contributed by atoms with E-state index in [0.717, 1.165) is 64.2 Å². The van der Waals surface area contributed by atoms with Crippen molar-refractivity contribution < 1.29 is 14.3 Å². The molecule has 2 saturated carbocycles. The minimum Gasteiger partial charge on any atom is -0.431 e. The van der Waals surface area contributed by atoms with Gasteiger partial charge in [-0.2, -0.15) is 0 Å². The van der Waals surface area contributed by atoms with Crippen LogP contribution in [0.5, 0.6) is 0 Å². The van der Waals surface area contributed by atoms with Crippen LogP contribution in [0.15, 0.2) is 60.7 Å². The van der Waals surface area contributed by atoms with Gasteiger partial charge in [-0.05, 0) is 87.2 Å². The molecule has 160 valence electrons. The molecule has 0 aliphatic heterocycles. The zero-order valence-electron chi connectivity index (χ0n) is 17.9. The first-order chi connectivity index (χ1) is 14.7. The van der Waals surface area contributed by atoms with E-state index in [4.69, 9.17) is 9.47 Å². The standard InChI is InChI=1S/C27H34O3/c28-27(29-25-15-11-23(12-16-25)19-21-7-3-1-4-8-21)30-26-17-13-24(14-18-26)20-22-9-5-2-6-10-22/h1-10,23-26H,11-20H2. The Balaban J connectivity index is 1.12. The molecule has 2 aliphatic rings. The van der Waals surface area contributed by atoms with E-state index in [9.17, 15) is 4.79 Å². The van der Waals surface area contributed by atoms with E-state index in [2.05, 4.69) is 60.7 Å². The fraction of sp³-hybridized carbons (Fsp3) is 0.519. The number of benzene rings is 2. The molecule has 2 fully saturated rings. The highest BCUT2D eigenvalue weighted by Gasteiger charge is 2.28. The molecular weight excluding hydrogens is 372 g/mol. The molecule has 0 bridgehead atoms. The highest BCUT2D eigenvalue weighted by atomic mass is 16.7. The van der Waals surface area contributed by atoms with Crippen molar-refractivity contribution in [3.8, 4) is 0 Å². The molecule has 0 saturated heterocycles. The van der Waals surface area contributed by atoms with Crippen LogP contribution in [0.2, 0.25) is 0 Å². The van der Waals surface area contributed by atoms with Crippen LogP contribution in [0.4, 0.5) is 4.79 Å². The summed E-state index contributed by atoms with van der Waals surface area (Å²) in [6.07, 6.45) is 10.2. The maximum atomic E-state index is 12.3. The fourth-order valence-electron chi connectivity index (χ4n) is 5.10. The number of hydrogen-bond acceptors (Lipinski definition) is 3. The third-order valence-corrected chi connectivity index (χ3v) is 6.85. The van der Waals surface area contributed by atoms with Gasteiger partial charge < -0.3 is 9.47 Å². The highest BCUT2D eigenvalue weighted by Crippen LogP contribution is 2.31. The van der Waals surface area contributed by atoms with Crippen LogP contribution in [0.1, 0.15) is 62.5 Å². The summed E-state index contributed by atoms with van der Waals surface area (Å²) in [4.78, 5) is 12.3. The first kappa shape index (κ1) is 21.0. The molecule has 0 spiro atoms. The number of carbonyl (C=O) groups excluding carboxylic acids is 1. The van der Waals surface area contributed by atoms with Gasteiger partial charge in [0.2, 0.25) is 0 Å². The van der Waals surface area contributed by atoms with Crippen molar-refractivity contribution >= 4 is 6.16 Å². The van der Waals surface area contributed by atoms with Crippen LogP contribution in [-0.4, -0.2) is 18.4 Å². The van der Waals surface area contributed by atoms with Crippen LogP contribution in [-0.2, 0) is 22.3 Å². The summed E-state index contributed by atoms with van der Waals surface area (Å²) in [6.45, 7) is 0. The van der Waals surface area contributed by atoms with Crippen molar-refractivity contribution in [2.24, 2.45) is 11.8 Å². The van der Waals surface area contributed by atoms with Gasteiger partial charge in [-0.1, -0.05) is 60.7 Å². The van der Waals surface area contributed by atoms with Crippen LogP contribution >= 0.6 is 0 Å². The van der Waals surface area contributed by atoms with Crippen LogP contribution < -0.4 is 0 Å². The van der Waals surface area contributed by atoms with Gasteiger partial charge in [0.1, 0.15) is 12.2 Å². The van der Waals surface area contributed by atoms with Crippen molar-refractivity contribution in [3.63, 3.8) is 0 Å². The quantitative estimate of drug-likeness (QED) is 0.498. The first-order valence-electron chi connectivity index (χ1n) is 11.7. The van der Waals surface area contributed by atoms with Gasteiger partial charge in [0.15, 0.2) is 0 Å². The molecular formula is C27H34O3. The van der Waals surface area contributed by atoms with Gasteiger partial charge in [-0.15, -0.1) is 0 Å². The first-order valence-corrected chi connectivity index (χ1v) is 11.7. The number of rotatable bonds is 6. The molecule has 2 aromatic carbocycles. The Morgan fingerprint density at radius 2 is 0.967 bits per heavy atom. The van der Waals surface area contributed by atoms with Gasteiger partial charge in [0.25, 0.3) is 0 Å². The molecule has 3 nitrogen and oxygen atoms in total. The van der Waals surface area contributed by atoms with Gasteiger partial charge in [0, 0.05) is 0 Å². The van der Waals surface area contributed by atoms with E-state index in [-0.39, 0.29) is 12.2 Å². The second-order valence-corrected chi connectivity index (χ2v) is 9.15. The van der Waals surface area contributed by atoms with Crippen molar-refractivity contribution in [1.29, 1.82) is 0 Å². The third kappa shape index (κ3) is 6.35. The van der Waals surface area contributed by atoms with Gasteiger partial charge in [-0.25, -0.2) is 4.79 Å². The third-order valence-electron chi connectivity index (χ3n) is 6.85. The highest BCUT2D eigenvalue weighted by molar-refractivity contribution is 5.60. The topological polar surface area (TPSA) is 35.5 Å². The summed E-state index contributed by atoms with van der Waals surface area (Å²) in [5.74, 6) is 1.39. The van der Waals surface area contributed by atoms with Crippen molar-refractivity contribution in [2.45, 2.75) is 76.4 Å². The Morgan fingerprint density at radius 3 is 1.33 bits per heavy atom. The van der Waals surface area contributed by atoms with E-state index in [1.807, 2.05) is 0 Å². The van der Waals surface area contributed by atoms with Crippen LogP contribution in [0.3, 0.4) is 0 Å². The summed E-state index contributed by atoms with van der Waals surface area (Å²) < 4.78 is 11.3. The van der Waals surface area contributed by atoms with E-state index >= 15 is 0 Å². The fourth-order valence-corrected chi connectivity index (χ4v) is 5.10. The van der Waals surface area contributed by atoms with Crippen LogP contribution in [0.25, 0.3) is 0 Å². The molecule has 0 heterocycles. The largest absolute Gasteiger partial charge is 0.508 e. The van der Waals surface area contributed by atoms with E-state index in [0.29, 0.717) is 11.8 Å². The Morgan fingerprint density at radius 1 is 0.600 bits per heavy atom. The summed E-state index contributed by atoms with van der Waals surface area (Å²) in [7, 11) is 0. The zero-order valence-corrected chi connectivity index (χ0v) is 17.9. The molecule has 3 heteroatoms. The maximum absolute atomic E-state index is 12.3. The Hall–Kier alpha value is -2.29. The van der Waals surface area contributed by atoms with Gasteiger partial charge in [-0.3, -0.25) is 0 Å². The number of ether oxygens (including phenoxy) is 2. The number of hydrogen-bond donors (Lipinski definition) is 0. The van der Waals surface area contributed by atoms with Crippen molar-refractivity contribution in [1.82, 2.24) is 0 Å². The summed E-state index contributed by atoms with van der Waals surface area (Å²) >= 11 is 0. The lowest BCUT2D eigenvalue weighted by Gasteiger charge is -2.30. The van der Waals surface area contributed by atoms with Crippen molar-refractivity contribution in [2.75, 3.05) is 0 Å². The van der Waals surface area contributed by atoms with Crippen molar-refractivity contribution in [3.05, 3.63) is 71.8 Å². The van der Waals surface area contributed by atoms with E-state index in [1.54, 1.807) is 0 Å². The minimum absolute atomic E-state index is 0.0268. The Bertz CT molecular complexity index is 692. The molecule has 0 radical (unpaired) electrons. The lowest BCUT2D eigenvalue weighted by molar-refractivity contribution is -0.0258. The minimum atomic E-state index is -0.451. The lowest BCUT2D eigenvalue weighted by atomic mass is 9.83. The monoisotopic (exact) mass is 406 g/mol. The lowest BCUT2D eigenvalue weighted by Crippen LogP contribution is -2.29. The average molecular weight is 407 g/mol. The molecule has 0 N–H and O–H groups in total. The zero-order chi connectivity index (χ0) is 20.6. The Labute approximate surface area is 180 Å². The number of carbonyl (C=O) groups is 1.